The lowest BCUT2D eigenvalue weighted by Crippen LogP contribution is -2.29. The molecule has 4 unspecified atom stereocenters. The van der Waals surface area contributed by atoms with E-state index in [4.69, 9.17) is 26.4 Å². The van der Waals surface area contributed by atoms with Crippen LogP contribution in [0.25, 0.3) is 10.8 Å². The lowest BCUT2D eigenvalue weighted by atomic mass is 9.84. The molecule has 2 heterocycles. The van der Waals surface area contributed by atoms with E-state index in [-0.39, 0.29) is 29.7 Å². The lowest BCUT2D eigenvalue weighted by molar-refractivity contribution is -0.140. The number of aryl methyl sites for hydroxylation is 1. The fraction of sp³-hybridized carbons (Fsp3) is 0.353. The Bertz CT molecular complexity index is 1480. The van der Waals surface area contributed by atoms with Gasteiger partial charge in [-0.05, 0) is 99.3 Å². The quantitative estimate of drug-likeness (QED) is 0.106. The van der Waals surface area contributed by atoms with Gasteiger partial charge in [-0.2, -0.15) is 0 Å². The zero-order chi connectivity index (χ0) is 28.4. The van der Waals surface area contributed by atoms with Crippen molar-refractivity contribution in [2.45, 2.75) is 64.3 Å². The van der Waals surface area contributed by atoms with E-state index in [1.54, 1.807) is 0 Å². The Hall–Kier alpha value is -3.48. The van der Waals surface area contributed by atoms with Crippen molar-refractivity contribution in [2.75, 3.05) is 11.9 Å². The molecule has 1 aliphatic carbocycles. The molecule has 6 heteroatoms. The maximum absolute atomic E-state index is 11.7. The smallest absolute Gasteiger partial charge is 0.334 e. The predicted molar refractivity (Wildman–Crippen MR) is 165 cm³/mol. The molecule has 3 aromatic carbocycles. The number of hydrogen-bond acceptors (Lipinski definition) is 5. The molecule has 2 aliphatic heterocycles. The first-order chi connectivity index (χ1) is 19.1. The number of carbonyl (C=O) groups excluding carboxylic acids is 1. The Kier molecular flexibility index (Phi) is 8.11. The average Bonchev–Trinajstić information content (AvgIpc) is 3.53. The van der Waals surface area contributed by atoms with Crippen LogP contribution in [-0.4, -0.2) is 36.0 Å². The molecule has 2 fully saturated rings. The minimum atomic E-state index is -0.233. The molecule has 3 aliphatic rings. The Labute approximate surface area is 242 Å². The molecule has 6 rings (SSSR count). The van der Waals surface area contributed by atoms with E-state index in [0.29, 0.717) is 10.7 Å². The zero-order valence-corrected chi connectivity index (χ0v) is 24.5. The third-order valence-corrected chi connectivity index (χ3v) is 8.52. The van der Waals surface area contributed by atoms with Gasteiger partial charge in [0.1, 0.15) is 18.0 Å². The first-order valence-corrected chi connectivity index (χ1v) is 14.3. The van der Waals surface area contributed by atoms with Gasteiger partial charge >= 0.3 is 5.97 Å². The van der Waals surface area contributed by atoms with Gasteiger partial charge in [-0.3, -0.25) is 0 Å². The molecule has 0 amide bonds. The number of thiocarbonyl (C=S) groups is 1. The SMILES string of the molecule is C=C1C(=O)OC2C1CCC(C)=CCCC1(C)OC21.Cc1cccc(N(C)C(=S)Oc2ccc3ccccc3c2)c1. The van der Waals surface area contributed by atoms with Crippen LogP contribution in [0.1, 0.15) is 45.1 Å². The van der Waals surface area contributed by atoms with E-state index >= 15 is 0 Å². The molecule has 0 N–H and O–H groups in total. The summed E-state index contributed by atoms with van der Waals surface area (Å²) in [5, 5.41) is 2.76. The molecule has 0 radical (unpaired) electrons. The van der Waals surface area contributed by atoms with Crippen molar-refractivity contribution < 1.29 is 19.0 Å². The number of carbonyl (C=O) groups is 1. The maximum Gasteiger partial charge on any atom is 0.334 e. The van der Waals surface area contributed by atoms with E-state index in [9.17, 15) is 4.79 Å². The van der Waals surface area contributed by atoms with Crippen LogP contribution in [-0.2, 0) is 14.3 Å². The Morgan fingerprint density at radius 3 is 2.62 bits per heavy atom. The largest absolute Gasteiger partial charge is 0.455 e. The fourth-order valence-corrected chi connectivity index (χ4v) is 5.75. The van der Waals surface area contributed by atoms with Gasteiger partial charge in [0.05, 0.1) is 5.60 Å². The van der Waals surface area contributed by atoms with Crippen molar-refractivity contribution in [3.63, 3.8) is 0 Å². The number of anilines is 1. The molecule has 2 saturated heterocycles. The molecule has 0 bridgehead atoms. The van der Waals surface area contributed by atoms with Crippen LogP contribution < -0.4 is 9.64 Å². The third-order valence-electron chi connectivity index (χ3n) is 8.16. The van der Waals surface area contributed by atoms with Gasteiger partial charge in [-0.25, -0.2) is 4.79 Å². The number of benzene rings is 3. The van der Waals surface area contributed by atoms with E-state index in [2.05, 4.69) is 57.7 Å². The molecule has 0 spiro atoms. The summed E-state index contributed by atoms with van der Waals surface area (Å²) in [4.78, 5) is 13.6. The number of fused-ring (bicyclic) bond motifs is 4. The normalized spacial score (nSPS) is 25.4. The van der Waals surface area contributed by atoms with Crippen LogP contribution in [0.5, 0.6) is 5.75 Å². The minimum absolute atomic E-state index is 0.0671. The van der Waals surface area contributed by atoms with Crippen molar-refractivity contribution >= 4 is 39.8 Å². The molecule has 5 nitrogen and oxygen atoms in total. The summed E-state index contributed by atoms with van der Waals surface area (Å²) in [6.07, 6.45) is 6.25. The number of epoxide rings is 1. The first kappa shape index (κ1) is 28.1. The van der Waals surface area contributed by atoms with Crippen molar-refractivity contribution in [1.82, 2.24) is 0 Å². The number of nitrogens with zero attached hydrogens (tertiary/aromatic N) is 1. The van der Waals surface area contributed by atoms with Gasteiger partial charge in [0.15, 0.2) is 0 Å². The molecule has 208 valence electrons. The molecule has 40 heavy (non-hydrogen) atoms. The van der Waals surface area contributed by atoms with Crippen molar-refractivity contribution in [3.05, 3.63) is 96.1 Å². The van der Waals surface area contributed by atoms with E-state index in [1.807, 2.05) is 54.4 Å². The van der Waals surface area contributed by atoms with Gasteiger partial charge in [0.2, 0.25) is 0 Å². The number of esters is 1. The summed E-state index contributed by atoms with van der Waals surface area (Å²) < 4.78 is 17.2. The van der Waals surface area contributed by atoms with Crippen molar-refractivity contribution in [2.24, 2.45) is 5.92 Å². The number of rotatable bonds is 2. The summed E-state index contributed by atoms with van der Waals surface area (Å²) in [6, 6.07) is 22.3. The minimum Gasteiger partial charge on any atom is -0.455 e. The summed E-state index contributed by atoms with van der Waals surface area (Å²) in [7, 11) is 1.91. The Morgan fingerprint density at radius 1 is 1.07 bits per heavy atom. The second kappa shape index (κ2) is 11.6. The number of allylic oxidation sites excluding steroid dienone is 2. The van der Waals surface area contributed by atoms with Crippen LogP contribution in [0.4, 0.5) is 5.69 Å². The Balaban J connectivity index is 0.000000164. The lowest BCUT2D eigenvalue weighted by Gasteiger charge is -2.20. The van der Waals surface area contributed by atoms with Crippen molar-refractivity contribution in [1.29, 1.82) is 0 Å². The van der Waals surface area contributed by atoms with Crippen LogP contribution in [0.2, 0.25) is 0 Å². The summed E-state index contributed by atoms with van der Waals surface area (Å²) in [6.45, 7) is 10.2. The van der Waals surface area contributed by atoms with Crippen LogP contribution in [0.3, 0.4) is 0 Å². The van der Waals surface area contributed by atoms with Gasteiger partial charge in [0.25, 0.3) is 5.17 Å². The predicted octanol–water partition coefficient (Wildman–Crippen LogP) is 7.71. The molecule has 3 aromatic rings. The summed E-state index contributed by atoms with van der Waals surface area (Å²) in [5.74, 6) is 0.651. The Morgan fingerprint density at radius 2 is 1.85 bits per heavy atom. The second-order valence-corrected chi connectivity index (χ2v) is 11.6. The van der Waals surface area contributed by atoms with Crippen LogP contribution in [0, 0.1) is 12.8 Å². The summed E-state index contributed by atoms with van der Waals surface area (Å²) in [5.41, 5.74) is 4.13. The highest BCUT2D eigenvalue weighted by Gasteiger charge is 2.61. The number of ether oxygens (including phenoxy) is 3. The van der Waals surface area contributed by atoms with Crippen LogP contribution >= 0.6 is 12.2 Å². The standard InChI is InChI=1S/C19H17NOS.C15H20O3/c1-14-6-5-9-17(12-14)20(2)19(22)21-18-11-10-15-7-3-4-8-16(15)13-18;1-9-5-4-8-15(3)13(18-15)12-11(7-6-9)10(2)14(16)17-12/h3-13H,1-2H3;5,11-13H,2,4,6-8H2,1,3H3. The number of hydrogen-bond donors (Lipinski definition) is 0. The highest BCUT2D eigenvalue weighted by molar-refractivity contribution is 7.80. The molecule has 4 atom stereocenters. The molecular weight excluding hydrogens is 518 g/mol. The topological polar surface area (TPSA) is 51.3 Å². The second-order valence-electron chi connectivity index (χ2n) is 11.3. The molecule has 0 saturated carbocycles. The van der Waals surface area contributed by atoms with Gasteiger partial charge in [-0.15, -0.1) is 0 Å². The summed E-state index contributed by atoms with van der Waals surface area (Å²) >= 11 is 5.41. The van der Waals surface area contributed by atoms with E-state index in [0.717, 1.165) is 42.5 Å². The monoisotopic (exact) mass is 555 g/mol. The average molecular weight is 556 g/mol. The van der Waals surface area contributed by atoms with E-state index < -0.39 is 0 Å². The van der Waals surface area contributed by atoms with Gasteiger partial charge in [0, 0.05) is 24.2 Å². The van der Waals surface area contributed by atoms with Crippen molar-refractivity contribution in [3.8, 4) is 5.75 Å². The fourth-order valence-electron chi connectivity index (χ4n) is 5.55. The highest BCUT2D eigenvalue weighted by Crippen LogP contribution is 2.49. The molecule has 0 aromatic heterocycles. The van der Waals surface area contributed by atoms with Crippen LogP contribution in [0.15, 0.2) is 90.5 Å². The van der Waals surface area contributed by atoms with E-state index in [1.165, 1.54) is 16.5 Å². The van der Waals surface area contributed by atoms with Gasteiger partial charge in [-0.1, -0.05) is 60.7 Å². The maximum atomic E-state index is 11.7. The first-order valence-electron chi connectivity index (χ1n) is 13.9. The van der Waals surface area contributed by atoms with Gasteiger partial charge < -0.3 is 19.1 Å². The third kappa shape index (κ3) is 6.13. The highest BCUT2D eigenvalue weighted by atomic mass is 32.1. The molecular formula is C34H37NO4S. The zero-order valence-electron chi connectivity index (χ0n) is 23.7.